The van der Waals surface area contributed by atoms with E-state index in [2.05, 4.69) is 0 Å². The van der Waals surface area contributed by atoms with Gasteiger partial charge in [0, 0.05) is 10.6 Å². The van der Waals surface area contributed by atoms with Crippen molar-refractivity contribution in [3.05, 3.63) is 65.2 Å². The summed E-state index contributed by atoms with van der Waals surface area (Å²) in [5, 5.41) is 0.742. The Morgan fingerprint density at radius 3 is 2.21 bits per heavy atom. The van der Waals surface area contributed by atoms with Gasteiger partial charge in [-0.2, -0.15) is 0 Å². The van der Waals surface area contributed by atoms with Crippen molar-refractivity contribution >= 4 is 23.0 Å². The zero-order chi connectivity index (χ0) is 13.8. The number of halogens is 1. The zero-order valence-electron chi connectivity index (χ0n) is 11.0. The van der Waals surface area contributed by atoms with Crippen molar-refractivity contribution in [2.24, 2.45) is 0 Å². The van der Waals surface area contributed by atoms with Crippen LogP contribution in [0.1, 0.15) is 19.4 Å². The summed E-state index contributed by atoms with van der Waals surface area (Å²) in [6.07, 6.45) is 1.64. The highest BCUT2D eigenvalue weighted by Crippen LogP contribution is 2.28. The molecule has 0 aliphatic heterocycles. The predicted molar refractivity (Wildman–Crippen MR) is 81.2 cm³/mol. The molecule has 0 saturated carbocycles. The Hall–Kier alpha value is -1.86. The Balaban J connectivity index is 2.34. The van der Waals surface area contributed by atoms with Gasteiger partial charge in [-0.15, -0.1) is 0 Å². The Labute approximate surface area is 118 Å². The molecule has 0 saturated heterocycles. The number of hydrogen-bond acceptors (Lipinski definition) is 1. The van der Waals surface area contributed by atoms with E-state index >= 15 is 0 Å². The first-order valence-corrected chi connectivity index (χ1v) is 6.50. The fourth-order valence-electron chi connectivity index (χ4n) is 2.00. The highest BCUT2D eigenvalue weighted by Gasteiger charge is 2.03. The van der Waals surface area contributed by atoms with Crippen LogP contribution < -0.4 is 0 Å². The van der Waals surface area contributed by atoms with E-state index in [1.807, 2.05) is 55.5 Å². The van der Waals surface area contributed by atoms with E-state index in [1.165, 1.54) is 0 Å². The first-order chi connectivity index (χ1) is 9.08. The van der Waals surface area contributed by atoms with Gasteiger partial charge in [0.25, 0.3) is 0 Å². The lowest BCUT2D eigenvalue weighted by atomic mass is 10.0. The SMILES string of the molecule is CC(=O)/C=C(\C)c1ccc(-c2ccccc2Cl)cc1. The van der Waals surface area contributed by atoms with Crippen LogP contribution in [0.5, 0.6) is 0 Å². The van der Waals surface area contributed by atoms with Gasteiger partial charge in [0.1, 0.15) is 0 Å². The molecule has 0 fully saturated rings. The average molecular weight is 271 g/mol. The maximum Gasteiger partial charge on any atom is 0.152 e. The van der Waals surface area contributed by atoms with E-state index in [4.69, 9.17) is 11.6 Å². The van der Waals surface area contributed by atoms with Gasteiger partial charge in [-0.25, -0.2) is 0 Å². The summed E-state index contributed by atoms with van der Waals surface area (Å²) in [4.78, 5) is 11.1. The van der Waals surface area contributed by atoms with Gasteiger partial charge in [0.2, 0.25) is 0 Å². The molecule has 0 N–H and O–H groups in total. The Bertz CT molecular complexity index is 624. The average Bonchev–Trinajstić information content (AvgIpc) is 2.39. The van der Waals surface area contributed by atoms with E-state index in [1.54, 1.807) is 13.0 Å². The van der Waals surface area contributed by atoms with Crippen LogP contribution in [-0.4, -0.2) is 5.78 Å². The molecular formula is C17H15ClO. The topological polar surface area (TPSA) is 17.1 Å². The molecule has 0 aliphatic rings. The van der Waals surface area contributed by atoms with Crippen LogP contribution in [0.2, 0.25) is 5.02 Å². The lowest BCUT2D eigenvalue weighted by molar-refractivity contribution is -0.112. The lowest BCUT2D eigenvalue weighted by Gasteiger charge is -2.06. The van der Waals surface area contributed by atoms with Crippen LogP contribution in [0, 0.1) is 0 Å². The van der Waals surface area contributed by atoms with E-state index in [0.29, 0.717) is 0 Å². The van der Waals surface area contributed by atoms with Gasteiger partial charge in [-0.05, 0) is 42.7 Å². The Morgan fingerprint density at radius 2 is 1.63 bits per heavy atom. The van der Waals surface area contributed by atoms with Gasteiger partial charge < -0.3 is 0 Å². The second kappa shape index (κ2) is 5.85. The molecule has 1 nitrogen and oxygen atoms in total. The van der Waals surface area contributed by atoms with Crippen LogP contribution in [-0.2, 0) is 4.79 Å². The Morgan fingerprint density at radius 1 is 1.00 bits per heavy atom. The number of allylic oxidation sites excluding steroid dienone is 2. The fraction of sp³-hybridized carbons (Fsp3) is 0.118. The normalized spacial score (nSPS) is 11.4. The van der Waals surface area contributed by atoms with E-state index in [9.17, 15) is 4.79 Å². The number of benzene rings is 2. The maximum absolute atomic E-state index is 11.1. The molecule has 0 unspecified atom stereocenters. The van der Waals surface area contributed by atoms with Gasteiger partial charge in [-0.3, -0.25) is 4.79 Å². The smallest absolute Gasteiger partial charge is 0.152 e. The van der Waals surface area contributed by atoms with Crippen molar-refractivity contribution in [2.45, 2.75) is 13.8 Å². The van der Waals surface area contributed by atoms with Crippen LogP contribution >= 0.6 is 11.6 Å². The third kappa shape index (κ3) is 3.33. The summed E-state index contributed by atoms with van der Waals surface area (Å²) in [6.45, 7) is 3.49. The van der Waals surface area contributed by atoms with Crippen molar-refractivity contribution in [3.63, 3.8) is 0 Å². The molecule has 2 aromatic carbocycles. The number of ketones is 1. The molecule has 0 bridgehead atoms. The molecular weight excluding hydrogens is 256 g/mol. The van der Waals surface area contributed by atoms with Crippen LogP contribution in [0.3, 0.4) is 0 Å². The molecule has 19 heavy (non-hydrogen) atoms. The number of carbonyl (C=O) groups is 1. The summed E-state index contributed by atoms with van der Waals surface area (Å²) in [6, 6.07) is 15.8. The van der Waals surface area contributed by atoms with E-state index in [-0.39, 0.29) is 5.78 Å². The molecule has 2 heteroatoms. The lowest BCUT2D eigenvalue weighted by Crippen LogP contribution is -1.87. The minimum atomic E-state index is 0.0627. The summed E-state index contributed by atoms with van der Waals surface area (Å²) in [5.74, 6) is 0.0627. The zero-order valence-corrected chi connectivity index (χ0v) is 11.7. The van der Waals surface area contributed by atoms with Gasteiger partial charge in [0.15, 0.2) is 5.78 Å². The first-order valence-electron chi connectivity index (χ1n) is 6.12. The third-order valence-corrected chi connectivity index (χ3v) is 3.27. The molecule has 0 aliphatic carbocycles. The largest absolute Gasteiger partial charge is 0.295 e. The van der Waals surface area contributed by atoms with Crippen molar-refractivity contribution in [1.29, 1.82) is 0 Å². The quantitative estimate of drug-likeness (QED) is 0.718. The number of hydrogen-bond donors (Lipinski definition) is 0. The van der Waals surface area contributed by atoms with E-state index < -0.39 is 0 Å². The van der Waals surface area contributed by atoms with Crippen LogP contribution in [0.25, 0.3) is 16.7 Å². The molecule has 0 heterocycles. The van der Waals surface area contributed by atoms with Crippen molar-refractivity contribution < 1.29 is 4.79 Å². The molecule has 2 rings (SSSR count). The first kappa shape index (κ1) is 13.6. The molecule has 0 radical (unpaired) electrons. The minimum absolute atomic E-state index is 0.0627. The highest BCUT2D eigenvalue weighted by molar-refractivity contribution is 6.33. The molecule has 0 aromatic heterocycles. The van der Waals surface area contributed by atoms with E-state index in [0.717, 1.165) is 27.3 Å². The van der Waals surface area contributed by atoms with Gasteiger partial charge >= 0.3 is 0 Å². The van der Waals surface area contributed by atoms with Crippen molar-refractivity contribution in [1.82, 2.24) is 0 Å². The number of rotatable bonds is 3. The third-order valence-electron chi connectivity index (χ3n) is 2.94. The fourth-order valence-corrected chi connectivity index (χ4v) is 2.24. The van der Waals surface area contributed by atoms with Gasteiger partial charge in [-0.1, -0.05) is 54.1 Å². The van der Waals surface area contributed by atoms with Crippen LogP contribution in [0.4, 0.5) is 0 Å². The minimum Gasteiger partial charge on any atom is -0.295 e. The van der Waals surface area contributed by atoms with Crippen LogP contribution in [0.15, 0.2) is 54.6 Å². The summed E-state index contributed by atoms with van der Waals surface area (Å²) in [7, 11) is 0. The summed E-state index contributed by atoms with van der Waals surface area (Å²) < 4.78 is 0. The molecule has 96 valence electrons. The Kier molecular flexibility index (Phi) is 4.18. The number of carbonyl (C=O) groups excluding carboxylic acids is 1. The maximum atomic E-state index is 11.1. The second-order valence-corrected chi connectivity index (χ2v) is 4.90. The van der Waals surface area contributed by atoms with Crippen molar-refractivity contribution in [3.8, 4) is 11.1 Å². The summed E-state index contributed by atoms with van der Waals surface area (Å²) >= 11 is 6.17. The molecule has 0 atom stereocenters. The molecule has 0 amide bonds. The van der Waals surface area contributed by atoms with Crippen molar-refractivity contribution in [2.75, 3.05) is 0 Å². The standard InChI is InChI=1S/C17H15ClO/c1-12(11-13(2)19)14-7-9-15(10-8-14)16-5-3-4-6-17(16)18/h3-11H,1-2H3/b12-11+. The second-order valence-electron chi connectivity index (χ2n) is 4.50. The molecule has 0 spiro atoms. The monoisotopic (exact) mass is 270 g/mol. The molecule has 2 aromatic rings. The summed E-state index contributed by atoms with van der Waals surface area (Å²) in [5.41, 5.74) is 4.11. The predicted octanol–water partition coefficient (Wildman–Crippen LogP) is 5.00. The highest BCUT2D eigenvalue weighted by atomic mass is 35.5. The van der Waals surface area contributed by atoms with Gasteiger partial charge in [0.05, 0.1) is 0 Å².